The van der Waals surface area contributed by atoms with Crippen molar-refractivity contribution in [1.82, 2.24) is 10.6 Å². The third-order valence-electron chi connectivity index (χ3n) is 4.43. The molecule has 1 heterocycles. The fourth-order valence-electron chi connectivity index (χ4n) is 3.15. The quantitative estimate of drug-likeness (QED) is 0.842. The lowest BCUT2D eigenvalue weighted by atomic mass is 9.93. The maximum atomic E-state index is 12.3. The first-order chi connectivity index (χ1) is 13.6. The van der Waals surface area contributed by atoms with E-state index in [9.17, 15) is 4.79 Å². The molecule has 0 radical (unpaired) electrons. The first-order valence-corrected chi connectivity index (χ1v) is 9.07. The molecule has 0 aromatic heterocycles. The molecular weight excluding hydrogens is 356 g/mol. The SMILES string of the molecule is CCNC(=O)NC1=Nc2ccccc2N=C(C)C1c1ccc(OC)c(OC)c1. The molecule has 1 unspecified atom stereocenters. The fraction of sp³-hybridized carbons (Fsp3) is 0.286. The molecule has 1 atom stereocenters. The van der Waals surface area contributed by atoms with E-state index >= 15 is 0 Å². The van der Waals surface area contributed by atoms with E-state index in [0.29, 0.717) is 29.6 Å². The van der Waals surface area contributed by atoms with Crippen molar-refractivity contribution in [1.29, 1.82) is 0 Å². The number of urea groups is 1. The molecule has 0 fully saturated rings. The van der Waals surface area contributed by atoms with Crippen LogP contribution in [0.5, 0.6) is 11.5 Å². The molecule has 28 heavy (non-hydrogen) atoms. The zero-order chi connectivity index (χ0) is 20.1. The van der Waals surface area contributed by atoms with Crippen LogP contribution in [0.1, 0.15) is 25.3 Å². The highest BCUT2D eigenvalue weighted by Gasteiger charge is 2.27. The molecule has 0 spiro atoms. The van der Waals surface area contributed by atoms with Gasteiger partial charge in [0.1, 0.15) is 5.84 Å². The molecule has 2 aromatic carbocycles. The number of nitrogens with zero attached hydrogens (tertiary/aromatic N) is 2. The second-order valence-corrected chi connectivity index (χ2v) is 6.27. The third-order valence-corrected chi connectivity index (χ3v) is 4.43. The lowest BCUT2D eigenvalue weighted by Gasteiger charge is -2.20. The van der Waals surface area contributed by atoms with E-state index in [4.69, 9.17) is 19.5 Å². The Morgan fingerprint density at radius 1 is 1.04 bits per heavy atom. The van der Waals surface area contributed by atoms with Gasteiger partial charge in [0.25, 0.3) is 0 Å². The van der Waals surface area contributed by atoms with E-state index in [1.807, 2.05) is 56.3 Å². The number of carbonyl (C=O) groups excluding carboxylic acids is 1. The summed E-state index contributed by atoms with van der Waals surface area (Å²) in [6.07, 6.45) is 0. The van der Waals surface area contributed by atoms with Crippen LogP contribution in [0.15, 0.2) is 52.4 Å². The number of ether oxygens (including phenoxy) is 2. The van der Waals surface area contributed by atoms with E-state index in [1.54, 1.807) is 14.2 Å². The summed E-state index contributed by atoms with van der Waals surface area (Å²) in [4.78, 5) is 21.7. The number of aliphatic imine (C=N–C) groups is 2. The van der Waals surface area contributed by atoms with E-state index in [1.165, 1.54) is 0 Å². The van der Waals surface area contributed by atoms with Crippen molar-refractivity contribution in [2.75, 3.05) is 20.8 Å². The Bertz CT molecular complexity index is 937. The number of benzene rings is 2. The number of hydrogen-bond acceptors (Lipinski definition) is 5. The second kappa shape index (κ2) is 8.56. The van der Waals surface area contributed by atoms with Crippen LogP contribution in [-0.2, 0) is 0 Å². The zero-order valence-electron chi connectivity index (χ0n) is 16.4. The fourth-order valence-corrected chi connectivity index (χ4v) is 3.15. The van der Waals surface area contributed by atoms with Crippen LogP contribution in [0.3, 0.4) is 0 Å². The highest BCUT2D eigenvalue weighted by Crippen LogP contribution is 2.36. The molecule has 2 N–H and O–H groups in total. The maximum absolute atomic E-state index is 12.3. The molecule has 7 nitrogen and oxygen atoms in total. The molecule has 0 saturated heterocycles. The number of methoxy groups -OCH3 is 2. The van der Waals surface area contributed by atoms with Gasteiger partial charge in [-0.25, -0.2) is 9.79 Å². The summed E-state index contributed by atoms with van der Waals surface area (Å²) in [6, 6.07) is 12.9. The average molecular weight is 380 g/mol. The standard InChI is InChI=1S/C21H24N4O3/c1-5-22-21(26)25-20-19(14-10-11-17(27-3)18(12-14)28-4)13(2)23-15-8-6-7-9-16(15)24-20/h6-12,19H,5H2,1-4H3,(H2,22,24,25,26). The average Bonchev–Trinajstić information content (AvgIpc) is 2.82. The summed E-state index contributed by atoms with van der Waals surface area (Å²) in [6.45, 7) is 4.31. The Morgan fingerprint density at radius 3 is 2.36 bits per heavy atom. The Hall–Kier alpha value is -3.35. The summed E-state index contributed by atoms with van der Waals surface area (Å²) >= 11 is 0. The molecular formula is C21H24N4O3. The molecule has 1 aliphatic heterocycles. The van der Waals surface area contributed by atoms with Crippen LogP contribution < -0.4 is 20.1 Å². The number of amidine groups is 1. The molecule has 0 bridgehead atoms. The number of hydrogen-bond donors (Lipinski definition) is 2. The molecule has 7 heteroatoms. The van der Waals surface area contributed by atoms with Gasteiger partial charge in [0.15, 0.2) is 11.5 Å². The minimum atomic E-state index is -0.338. The monoisotopic (exact) mass is 380 g/mol. The van der Waals surface area contributed by atoms with Gasteiger partial charge in [0.05, 0.1) is 31.5 Å². The number of rotatable bonds is 4. The van der Waals surface area contributed by atoms with Crippen LogP contribution in [-0.4, -0.2) is 38.3 Å². The first-order valence-electron chi connectivity index (χ1n) is 9.07. The molecule has 0 aliphatic carbocycles. The minimum Gasteiger partial charge on any atom is -0.493 e. The number of amides is 2. The van der Waals surface area contributed by atoms with Gasteiger partial charge in [-0.05, 0) is 43.7 Å². The molecule has 2 amide bonds. The highest BCUT2D eigenvalue weighted by atomic mass is 16.5. The van der Waals surface area contributed by atoms with Crippen molar-refractivity contribution in [3.8, 4) is 11.5 Å². The summed E-state index contributed by atoms with van der Waals surface area (Å²) in [5.41, 5.74) is 3.17. The Morgan fingerprint density at radius 2 is 1.71 bits per heavy atom. The maximum Gasteiger partial charge on any atom is 0.320 e. The van der Waals surface area contributed by atoms with Gasteiger partial charge in [-0.3, -0.25) is 10.3 Å². The van der Waals surface area contributed by atoms with Crippen molar-refractivity contribution in [3.63, 3.8) is 0 Å². The predicted molar refractivity (Wildman–Crippen MR) is 111 cm³/mol. The summed E-state index contributed by atoms with van der Waals surface area (Å²) in [5.74, 6) is 1.40. The molecule has 2 aromatic rings. The largest absolute Gasteiger partial charge is 0.493 e. The van der Waals surface area contributed by atoms with Gasteiger partial charge in [0.2, 0.25) is 0 Å². The smallest absolute Gasteiger partial charge is 0.320 e. The minimum absolute atomic E-state index is 0.307. The summed E-state index contributed by atoms with van der Waals surface area (Å²) < 4.78 is 10.8. The van der Waals surface area contributed by atoms with Crippen molar-refractivity contribution >= 4 is 29.0 Å². The van der Waals surface area contributed by atoms with E-state index in [2.05, 4.69) is 10.6 Å². The van der Waals surface area contributed by atoms with Crippen LogP contribution >= 0.6 is 0 Å². The first kappa shape index (κ1) is 19.4. The highest BCUT2D eigenvalue weighted by molar-refractivity contribution is 6.17. The molecule has 3 rings (SSSR count). The Balaban J connectivity index is 2.12. The topological polar surface area (TPSA) is 84.3 Å². The van der Waals surface area contributed by atoms with Crippen molar-refractivity contribution < 1.29 is 14.3 Å². The zero-order valence-corrected chi connectivity index (χ0v) is 16.4. The summed E-state index contributed by atoms with van der Waals surface area (Å²) in [5, 5.41) is 5.64. The number of carbonyl (C=O) groups is 1. The second-order valence-electron chi connectivity index (χ2n) is 6.27. The summed E-state index contributed by atoms with van der Waals surface area (Å²) in [7, 11) is 3.18. The van der Waals surface area contributed by atoms with E-state index in [-0.39, 0.29) is 11.9 Å². The lowest BCUT2D eigenvalue weighted by molar-refractivity contribution is 0.245. The lowest BCUT2D eigenvalue weighted by Crippen LogP contribution is -2.43. The van der Waals surface area contributed by atoms with Crippen LogP contribution in [0.25, 0.3) is 0 Å². The third kappa shape index (κ3) is 3.98. The number of para-hydroxylation sites is 2. The van der Waals surface area contributed by atoms with E-state index < -0.39 is 0 Å². The number of fused-ring (bicyclic) bond motifs is 1. The Labute approximate surface area is 164 Å². The normalized spacial score (nSPS) is 15.5. The van der Waals surface area contributed by atoms with Crippen LogP contribution in [0.4, 0.5) is 16.2 Å². The van der Waals surface area contributed by atoms with Crippen molar-refractivity contribution in [3.05, 3.63) is 48.0 Å². The van der Waals surface area contributed by atoms with Gasteiger partial charge in [-0.15, -0.1) is 0 Å². The number of nitrogens with one attached hydrogen (secondary N) is 2. The van der Waals surface area contributed by atoms with Gasteiger partial charge < -0.3 is 14.8 Å². The van der Waals surface area contributed by atoms with Crippen molar-refractivity contribution in [2.45, 2.75) is 19.8 Å². The molecule has 1 aliphatic rings. The van der Waals surface area contributed by atoms with Gasteiger partial charge in [-0.1, -0.05) is 18.2 Å². The molecule has 0 saturated carbocycles. The van der Waals surface area contributed by atoms with Gasteiger partial charge in [-0.2, -0.15) is 0 Å². The van der Waals surface area contributed by atoms with Gasteiger partial charge >= 0.3 is 6.03 Å². The van der Waals surface area contributed by atoms with Crippen LogP contribution in [0.2, 0.25) is 0 Å². The van der Waals surface area contributed by atoms with Crippen LogP contribution in [0, 0.1) is 0 Å². The van der Waals surface area contributed by atoms with Gasteiger partial charge in [0, 0.05) is 12.3 Å². The van der Waals surface area contributed by atoms with E-state index in [0.717, 1.165) is 17.0 Å². The Kier molecular flexibility index (Phi) is 5.93. The molecule has 146 valence electrons. The predicted octanol–water partition coefficient (Wildman–Crippen LogP) is 3.94. The van der Waals surface area contributed by atoms with Crippen molar-refractivity contribution in [2.24, 2.45) is 9.98 Å².